The predicted octanol–water partition coefficient (Wildman–Crippen LogP) is 2.94. The van der Waals surface area contributed by atoms with Gasteiger partial charge in [0.2, 0.25) is 5.91 Å². The van der Waals surface area contributed by atoms with Crippen LogP contribution in [0.2, 0.25) is 0 Å². The highest BCUT2D eigenvalue weighted by Crippen LogP contribution is 2.39. The van der Waals surface area contributed by atoms with Crippen LogP contribution in [0, 0.1) is 11.7 Å². The van der Waals surface area contributed by atoms with Crippen LogP contribution in [0.5, 0.6) is 0 Å². The van der Waals surface area contributed by atoms with Crippen molar-refractivity contribution >= 4 is 36.7 Å². The number of likely N-dealkylation sites (N-methyl/N-ethyl adjacent to an activating group) is 1. The van der Waals surface area contributed by atoms with Gasteiger partial charge in [-0.25, -0.2) is 4.39 Å². The fourth-order valence-electron chi connectivity index (χ4n) is 3.31. The summed E-state index contributed by atoms with van der Waals surface area (Å²) in [6.45, 7) is 1.09. The van der Waals surface area contributed by atoms with E-state index >= 15 is 0 Å². The molecule has 1 aromatic carbocycles. The molecule has 142 valence electrons. The Hall–Kier alpha value is -1.37. The molecular weight excluding hydrogens is 375 g/mol. The van der Waals surface area contributed by atoms with E-state index in [9.17, 15) is 14.0 Å². The Kier molecular flexibility index (Phi) is 7.26. The monoisotopic (exact) mass is 398 g/mol. The van der Waals surface area contributed by atoms with E-state index in [1.807, 2.05) is 4.90 Å². The number of amides is 1. The van der Waals surface area contributed by atoms with Crippen LogP contribution in [0.25, 0.3) is 0 Å². The molecule has 1 N–H and O–H groups in total. The van der Waals surface area contributed by atoms with Gasteiger partial charge in [0.15, 0.2) is 5.78 Å². The molecule has 0 bridgehead atoms. The van der Waals surface area contributed by atoms with Crippen molar-refractivity contribution in [3.63, 3.8) is 0 Å². The highest BCUT2D eigenvalue weighted by Gasteiger charge is 2.40. The molecule has 1 saturated carbocycles. The fourth-order valence-corrected chi connectivity index (χ4v) is 3.58. The summed E-state index contributed by atoms with van der Waals surface area (Å²) in [6.07, 6.45) is 4.03. The molecule has 2 aliphatic rings. The molecule has 2 atom stereocenters. The number of hydrogen-bond donors (Lipinski definition) is 2. The standard InChI is InChI=1S/C19H23FN2O2S.ClH/c1-21-17(23)10-13-11-22(9-8-16(13)25)18(19(24)12-6-7-12)14-4-2-3-5-15(14)20;/h2-5,10,12,16,18,25H,6-9,11H2,1H3,(H,21,23);1H/b13-10+;. The van der Waals surface area contributed by atoms with Crippen LogP contribution in [0.3, 0.4) is 0 Å². The Morgan fingerprint density at radius 1 is 1.31 bits per heavy atom. The topological polar surface area (TPSA) is 49.4 Å². The maximum absolute atomic E-state index is 14.4. The number of Topliss-reactive ketones (excluding diaryl/α,β-unsaturated/α-hetero) is 1. The molecule has 1 aromatic rings. The van der Waals surface area contributed by atoms with Crippen molar-refractivity contribution in [1.29, 1.82) is 0 Å². The maximum atomic E-state index is 14.4. The van der Waals surface area contributed by atoms with E-state index in [1.54, 1.807) is 31.3 Å². The molecule has 1 heterocycles. The van der Waals surface area contributed by atoms with E-state index < -0.39 is 6.04 Å². The van der Waals surface area contributed by atoms with Crippen molar-refractivity contribution < 1.29 is 14.0 Å². The molecule has 1 saturated heterocycles. The molecule has 4 nitrogen and oxygen atoms in total. The lowest BCUT2D eigenvalue weighted by Gasteiger charge is -2.37. The van der Waals surface area contributed by atoms with Gasteiger partial charge in [0.25, 0.3) is 0 Å². The third-order valence-electron chi connectivity index (χ3n) is 4.88. The molecule has 7 heteroatoms. The summed E-state index contributed by atoms with van der Waals surface area (Å²) < 4.78 is 14.4. The van der Waals surface area contributed by atoms with Gasteiger partial charge in [-0.15, -0.1) is 12.4 Å². The molecule has 26 heavy (non-hydrogen) atoms. The van der Waals surface area contributed by atoms with Crippen LogP contribution >= 0.6 is 25.0 Å². The van der Waals surface area contributed by atoms with E-state index in [2.05, 4.69) is 17.9 Å². The summed E-state index contributed by atoms with van der Waals surface area (Å²) in [4.78, 5) is 26.6. The third-order valence-corrected chi connectivity index (χ3v) is 5.47. The van der Waals surface area contributed by atoms with Crippen LogP contribution in [0.15, 0.2) is 35.9 Å². The molecule has 2 unspecified atom stereocenters. The third kappa shape index (κ3) is 4.67. The summed E-state index contributed by atoms with van der Waals surface area (Å²) >= 11 is 4.56. The summed E-state index contributed by atoms with van der Waals surface area (Å²) in [5, 5.41) is 2.55. The summed E-state index contributed by atoms with van der Waals surface area (Å²) in [5.41, 5.74) is 1.29. The van der Waals surface area contributed by atoms with Crippen LogP contribution in [-0.4, -0.2) is 42.0 Å². The Morgan fingerprint density at radius 3 is 2.62 bits per heavy atom. The van der Waals surface area contributed by atoms with Gasteiger partial charge < -0.3 is 5.32 Å². The highest BCUT2D eigenvalue weighted by atomic mass is 35.5. The Bertz CT molecular complexity index is 709. The summed E-state index contributed by atoms with van der Waals surface area (Å²) in [7, 11) is 1.58. The van der Waals surface area contributed by atoms with Gasteiger partial charge in [-0.3, -0.25) is 14.5 Å². The number of ketones is 1. The van der Waals surface area contributed by atoms with Crippen molar-refractivity contribution in [2.75, 3.05) is 20.1 Å². The second kappa shape index (κ2) is 9.02. The number of halogens is 2. The summed E-state index contributed by atoms with van der Waals surface area (Å²) in [6, 6.07) is 5.89. The first-order valence-electron chi connectivity index (χ1n) is 8.63. The Labute approximate surface area is 165 Å². The first-order valence-corrected chi connectivity index (χ1v) is 9.15. The molecule has 1 aliphatic carbocycles. The highest BCUT2D eigenvalue weighted by molar-refractivity contribution is 7.81. The Balaban J connectivity index is 0.00000243. The normalized spacial score (nSPS) is 23.2. The van der Waals surface area contributed by atoms with Gasteiger partial charge in [-0.2, -0.15) is 12.6 Å². The quantitative estimate of drug-likeness (QED) is 0.592. The van der Waals surface area contributed by atoms with E-state index in [0.717, 1.165) is 24.8 Å². The molecular formula is C19H24ClFN2O2S. The first kappa shape index (κ1) is 20.9. The molecule has 0 aromatic heterocycles. The zero-order valence-electron chi connectivity index (χ0n) is 14.7. The lowest BCUT2D eigenvalue weighted by Crippen LogP contribution is -2.43. The number of thiol groups is 1. The van der Waals surface area contributed by atoms with Crippen LogP contribution in [-0.2, 0) is 9.59 Å². The average molecular weight is 399 g/mol. The van der Waals surface area contributed by atoms with Crippen LogP contribution < -0.4 is 5.32 Å². The number of likely N-dealkylation sites (tertiary alicyclic amines) is 1. The second-order valence-corrected chi connectivity index (χ2v) is 7.33. The van der Waals surface area contributed by atoms with E-state index in [1.165, 1.54) is 6.07 Å². The van der Waals surface area contributed by atoms with Crippen LogP contribution in [0.1, 0.15) is 30.9 Å². The Morgan fingerprint density at radius 2 is 2.00 bits per heavy atom. The minimum Gasteiger partial charge on any atom is -0.356 e. The van der Waals surface area contributed by atoms with Gasteiger partial charge >= 0.3 is 0 Å². The molecule has 0 radical (unpaired) electrons. The molecule has 2 fully saturated rings. The van der Waals surface area contributed by atoms with E-state index in [-0.39, 0.29) is 41.1 Å². The van der Waals surface area contributed by atoms with Gasteiger partial charge in [0.1, 0.15) is 5.82 Å². The van der Waals surface area contributed by atoms with Crippen LogP contribution in [0.4, 0.5) is 4.39 Å². The van der Waals surface area contributed by atoms with Gasteiger partial charge in [0.05, 0.1) is 6.04 Å². The number of piperidine rings is 1. The number of benzene rings is 1. The summed E-state index contributed by atoms with van der Waals surface area (Å²) in [5.74, 6) is -0.426. The van der Waals surface area contributed by atoms with Crippen molar-refractivity contribution in [1.82, 2.24) is 10.2 Å². The largest absolute Gasteiger partial charge is 0.356 e. The van der Waals surface area contributed by atoms with Crippen molar-refractivity contribution in [2.45, 2.75) is 30.6 Å². The van der Waals surface area contributed by atoms with Crippen molar-refractivity contribution in [3.05, 3.63) is 47.3 Å². The fraction of sp³-hybridized carbons (Fsp3) is 0.474. The number of hydrogen-bond acceptors (Lipinski definition) is 4. The number of carbonyl (C=O) groups excluding carboxylic acids is 2. The van der Waals surface area contributed by atoms with Gasteiger partial charge in [0, 0.05) is 42.9 Å². The maximum Gasteiger partial charge on any atom is 0.243 e. The van der Waals surface area contributed by atoms with Crippen molar-refractivity contribution in [3.8, 4) is 0 Å². The average Bonchev–Trinajstić information content (AvgIpc) is 3.44. The SMILES string of the molecule is CNC(=O)/C=C1\CN(C(C(=O)C2CC2)c2ccccc2F)CCC1S.Cl. The molecule has 0 spiro atoms. The van der Waals surface area contributed by atoms with Gasteiger partial charge in [-0.05, 0) is 30.9 Å². The zero-order chi connectivity index (χ0) is 18.0. The van der Waals surface area contributed by atoms with Crippen molar-refractivity contribution in [2.24, 2.45) is 5.92 Å². The molecule has 1 aliphatic heterocycles. The molecule has 1 amide bonds. The number of nitrogens with zero attached hydrogens (tertiary/aromatic N) is 1. The number of rotatable bonds is 5. The molecule has 3 rings (SSSR count). The number of nitrogens with one attached hydrogen (secondary N) is 1. The van der Waals surface area contributed by atoms with E-state index in [0.29, 0.717) is 18.7 Å². The number of carbonyl (C=O) groups is 2. The minimum atomic E-state index is -0.595. The smallest absolute Gasteiger partial charge is 0.243 e. The second-order valence-electron chi connectivity index (χ2n) is 6.71. The predicted molar refractivity (Wildman–Crippen MR) is 105 cm³/mol. The zero-order valence-corrected chi connectivity index (χ0v) is 16.4. The van der Waals surface area contributed by atoms with E-state index in [4.69, 9.17) is 0 Å². The lowest BCUT2D eigenvalue weighted by molar-refractivity contribution is -0.126. The van der Waals surface area contributed by atoms with Gasteiger partial charge in [-0.1, -0.05) is 18.2 Å². The minimum absolute atomic E-state index is 0. The first-order chi connectivity index (χ1) is 12.0. The lowest BCUT2D eigenvalue weighted by atomic mass is 9.93.